The van der Waals surface area contributed by atoms with E-state index >= 15 is 0 Å². The minimum atomic E-state index is -0.0538. The Morgan fingerprint density at radius 3 is 2.61 bits per heavy atom. The molecule has 28 heavy (non-hydrogen) atoms. The van der Waals surface area contributed by atoms with Gasteiger partial charge in [0.2, 0.25) is 0 Å². The molecule has 1 unspecified atom stereocenters. The van der Waals surface area contributed by atoms with Gasteiger partial charge in [-0.25, -0.2) is 9.97 Å². The van der Waals surface area contributed by atoms with E-state index in [9.17, 15) is 4.79 Å². The molecule has 3 aromatic rings. The Morgan fingerprint density at radius 1 is 1.18 bits per heavy atom. The van der Waals surface area contributed by atoms with E-state index in [-0.39, 0.29) is 36.8 Å². The zero-order chi connectivity index (χ0) is 17.9. The number of aromatic nitrogens is 4. The molecule has 0 saturated carbocycles. The monoisotopic (exact) mass is 422 g/mol. The van der Waals surface area contributed by atoms with Crippen LogP contribution in [0, 0.1) is 0 Å². The number of amides is 1. The summed E-state index contributed by atoms with van der Waals surface area (Å²) in [5.41, 5.74) is 1.85. The third kappa shape index (κ3) is 4.55. The van der Waals surface area contributed by atoms with Crippen molar-refractivity contribution in [3.63, 3.8) is 0 Å². The topological polar surface area (TPSA) is 68.0 Å². The first kappa shape index (κ1) is 21.9. The van der Waals surface area contributed by atoms with E-state index in [1.807, 2.05) is 57.7 Å². The largest absolute Gasteiger partial charge is 0.336 e. The van der Waals surface area contributed by atoms with Gasteiger partial charge in [-0.05, 0) is 17.7 Å². The van der Waals surface area contributed by atoms with E-state index in [2.05, 4.69) is 15.3 Å². The average molecular weight is 423 g/mol. The Labute approximate surface area is 176 Å². The zero-order valence-electron chi connectivity index (χ0n) is 15.6. The highest BCUT2D eigenvalue weighted by atomic mass is 35.5. The number of hydrogen-bond donors (Lipinski definition) is 1. The van der Waals surface area contributed by atoms with E-state index < -0.39 is 0 Å². The minimum absolute atomic E-state index is 0. The fraction of sp³-hybridized carbons (Fsp3) is 0.316. The van der Waals surface area contributed by atoms with Crippen molar-refractivity contribution in [2.24, 2.45) is 7.05 Å². The van der Waals surface area contributed by atoms with Gasteiger partial charge in [-0.2, -0.15) is 0 Å². The van der Waals surface area contributed by atoms with Crippen LogP contribution in [0.5, 0.6) is 0 Å². The van der Waals surface area contributed by atoms with E-state index in [4.69, 9.17) is 0 Å². The summed E-state index contributed by atoms with van der Waals surface area (Å²) in [4.78, 5) is 23.5. The Morgan fingerprint density at radius 2 is 1.96 bits per heavy atom. The standard InChI is InChI=1S/C19H22N6O.2ClH/c1-23-9-8-22-18(23)17-12-20-7-11-25(17)19(26)16-4-2-15(3-5-16)13-24-10-6-21-14-24;;/h2-6,8-10,14,17,20H,7,11-13H2,1H3;2*1H. The van der Waals surface area contributed by atoms with Crippen LogP contribution in [0.1, 0.15) is 27.8 Å². The summed E-state index contributed by atoms with van der Waals surface area (Å²) in [7, 11) is 1.96. The lowest BCUT2D eigenvalue weighted by Crippen LogP contribution is -2.49. The van der Waals surface area contributed by atoms with E-state index in [0.29, 0.717) is 12.1 Å². The normalized spacial score (nSPS) is 16.2. The summed E-state index contributed by atoms with van der Waals surface area (Å²) in [6.45, 7) is 2.94. The molecule has 9 heteroatoms. The molecule has 3 heterocycles. The summed E-state index contributed by atoms with van der Waals surface area (Å²) in [5.74, 6) is 0.955. The minimum Gasteiger partial charge on any atom is -0.336 e. The number of imidazole rings is 2. The summed E-state index contributed by atoms with van der Waals surface area (Å²) in [5, 5.41) is 3.36. The van der Waals surface area contributed by atoms with Gasteiger partial charge in [0.05, 0.1) is 6.33 Å². The highest BCUT2D eigenvalue weighted by Gasteiger charge is 2.30. The lowest BCUT2D eigenvalue weighted by molar-refractivity contribution is 0.0621. The van der Waals surface area contributed by atoms with Crippen molar-refractivity contribution in [1.29, 1.82) is 0 Å². The Balaban J connectivity index is 0.00000140. The van der Waals surface area contributed by atoms with Gasteiger partial charge in [-0.1, -0.05) is 12.1 Å². The van der Waals surface area contributed by atoms with E-state index in [0.717, 1.165) is 31.0 Å². The third-order valence-corrected chi connectivity index (χ3v) is 4.79. The summed E-state index contributed by atoms with van der Waals surface area (Å²) in [6, 6.07) is 7.77. The van der Waals surface area contributed by atoms with E-state index in [1.165, 1.54) is 0 Å². The molecule has 150 valence electrons. The Hall–Kier alpha value is -2.35. The van der Waals surface area contributed by atoms with E-state index in [1.54, 1.807) is 18.7 Å². The van der Waals surface area contributed by atoms with Crippen LogP contribution < -0.4 is 5.32 Å². The fourth-order valence-corrected chi connectivity index (χ4v) is 3.39. The number of hydrogen-bond acceptors (Lipinski definition) is 4. The molecule has 1 atom stereocenters. The summed E-state index contributed by atoms with van der Waals surface area (Å²) < 4.78 is 3.98. The lowest BCUT2D eigenvalue weighted by Gasteiger charge is -2.35. The second-order valence-electron chi connectivity index (χ2n) is 6.55. The van der Waals surface area contributed by atoms with Gasteiger partial charge >= 0.3 is 0 Å². The molecule has 1 aliphatic rings. The number of halogens is 2. The second-order valence-corrected chi connectivity index (χ2v) is 6.55. The van der Waals surface area contributed by atoms with Gasteiger partial charge in [0.1, 0.15) is 11.9 Å². The van der Waals surface area contributed by atoms with Crippen LogP contribution in [0.4, 0.5) is 0 Å². The maximum atomic E-state index is 13.1. The Kier molecular flexibility index (Phi) is 7.62. The molecule has 1 aliphatic heterocycles. The lowest BCUT2D eigenvalue weighted by atomic mass is 10.1. The van der Waals surface area contributed by atoms with Crippen LogP contribution >= 0.6 is 24.8 Å². The van der Waals surface area contributed by atoms with Crippen molar-refractivity contribution in [3.8, 4) is 0 Å². The van der Waals surface area contributed by atoms with Gasteiger partial charge in [0.25, 0.3) is 5.91 Å². The highest BCUT2D eigenvalue weighted by molar-refractivity contribution is 5.94. The number of nitrogens with zero attached hydrogens (tertiary/aromatic N) is 5. The van der Waals surface area contributed by atoms with Gasteiger partial charge in [-0.15, -0.1) is 24.8 Å². The molecule has 1 fully saturated rings. The van der Waals surface area contributed by atoms with Gasteiger partial charge in [0, 0.05) is 63.6 Å². The van der Waals surface area contributed by atoms with Crippen molar-refractivity contribution >= 4 is 30.7 Å². The number of nitrogens with one attached hydrogen (secondary N) is 1. The first-order valence-electron chi connectivity index (χ1n) is 8.76. The molecule has 1 N–H and O–H groups in total. The predicted molar refractivity (Wildman–Crippen MR) is 112 cm³/mol. The van der Waals surface area contributed by atoms with Crippen molar-refractivity contribution in [2.45, 2.75) is 12.6 Å². The number of benzene rings is 1. The van der Waals surface area contributed by atoms with Crippen molar-refractivity contribution in [3.05, 3.63) is 72.3 Å². The van der Waals surface area contributed by atoms with Crippen LogP contribution in [-0.4, -0.2) is 49.5 Å². The second kappa shape index (κ2) is 9.73. The van der Waals surface area contributed by atoms with Crippen LogP contribution in [0.3, 0.4) is 0 Å². The van der Waals surface area contributed by atoms with Gasteiger partial charge < -0.3 is 19.4 Å². The Bertz CT molecular complexity index is 878. The molecule has 0 radical (unpaired) electrons. The molecule has 0 aliphatic carbocycles. The van der Waals surface area contributed by atoms with Crippen molar-refractivity contribution in [2.75, 3.05) is 19.6 Å². The molecule has 7 nitrogen and oxygen atoms in total. The molecule has 1 aromatic carbocycles. The number of aryl methyl sites for hydroxylation is 1. The summed E-state index contributed by atoms with van der Waals surface area (Å²) >= 11 is 0. The third-order valence-electron chi connectivity index (χ3n) is 4.79. The first-order chi connectivity index (χ1) is 12.7. The summed E-state index contributed by atoms with van der Waals surface area (Å²) in [6.07, 6.45) is 9.17. The maximum Gasteiger partial charge on any atom is 0.254 e. The fourth-order valence-electron chi connectivity index (χ4n) is 3.39. The molecular formula is C19H24Cl2N6O. The van der Waals surface area contributed by atoms with Crippen LogP contribution in [0.15, 0.2) is 55.4 Å². The highest BCUT2D eigenvalue weighted by Crippen LogP contribution is 2.23. The van der Waals surface area contributed by atoms with Gasteiger partial charge in [0.15, 0.2) is 0 Å². The quantitative estimate of drug-likeness (QED) is 0.700. The predicted octanol–water partition coefficient (Wildman–Crippen LogP) is 2.30. The molecule has 1 saturated heterocycles. The smallest absolute Gasteiger partial charge is 0.254 e. The van der Waals surface area contributed by atoms with Gasteiger partial charge in [-0.3, -0.25) is 4.79 Å². The van der Waals surface area contributed by atoms with Crippen LogP contribution in [0.25, 0.3) is 0 Å². The molecule has 1 amide bonds. The molecular weight excluding hydrogens is 399 g/mol. The molecule has 0 spiro atoms. The molecule has 2 aromatic heterocycles. The first-order valence-corrected chi connectivity index (χ1v) is 8.76. The number of rotatable bonds is 4. The number of carbonyl (C=O) groups excluding carboxylic acids is 1. The van der Waals surface area contributed by atoms with Crippen LogP contribution in [0.2, 0.25) is 0 Å². The zero-order valence-corrected chi connectivity index (χ0v) is 17.2. The van der Waals surface area contributed by atoms with Crippen molar-refractivity contribution < 1.29 is 4.79 Å². The average Bonchev–Trinajstić information content (AvgIpc) is 3.33. The SMILES string of the molecule is Cl.Cl.Cn1ccnc1C1CNCCN1C(=O)c1ccc(Cn2ccnc2)cc1. The molecule has 0 bridgehead atoms. The maximum absolute atomic E-state index is 13.1. The number of piperazine rings is 1. The molecule has 4 rings (SSSR count). The van der Waals surface area contributed by atoms with Crippen LogP contribution in [-0.2, 0) is 13.6 Å². The number of carbonyl (C=O) groups is 1. The van der Waals surface area contributed by atoms with Crippen molar-refractivity contribution in [1.82, 2.24) is 29.3 Å².